The monoisotopic (exact) mass is 236 g/mol. The Morgan fingerprint density at radius 1 is 1.29 bits per heavy atom. The zero-order chi connectivity index (χ0) is 12.8. The molecule has 1 rings (SSSR count). The SMILES string of the molecule is CCNc1cc(N(C)C(C)CC)nc(CC)n1. The summed E-state index contributed by atoms with van der Waals surface area (Å²) in [5.41, 5.74) is 0. The van der Waals surface area contributed by atoms with Crippen molar-refractivity contribution in [3.05, 3.63) is 11.9 Å². The highest BCUT2D eigenvalue weighted by molar-refractivity contribution is 5.49. The number of aryl methyl sites for hydroxylation is 1. The summed E-state index contributed by atoms with van der Waals surface area (Å²) in [5, 5.41) is 3.26. The van der Waals surface area contributed by atoms with E-state index >= 15 is 0 Å². The van der Waals surface area contributed by atoms with Gasteiger partial charge in [0.2, 0.25) is 0 Å². The molecule has 1 aromatic heterocycles. The second-order valence-corrected chi connectivity index (χ2v) is 4.28. The number of anilines is 2. The van der Waals surface area contributed by atoms with E-state index in [1.165, 1.54) is 0 Å². The molecule has 0 fully saturated rings. The van der Waals surface area contributed by atoms with E-state index in [2.05, 4.69) is 54.9 Å². The van der Waals surface area contributed by atoms with Gasteiger partial charge >= 0.3 is 0 Å². The first kappa shape index (κ1) is 13.7. The molecule has 1 atom stereocenters. The second kappa shape index (κ2) is 6.42. The van der Waals surface area contributed by atoms with Crippen molar-refractivity contribution in [3.63, 3.8) is 0 Å². The van der Waals surface area contributed by atoms with Crippen molar-refractivity contribution >= 4 is 11.6 Å². The standard InChI is InChI=1S/C13H24N4/c1-6-10(4)17(5)13-9-12(14-8-3)15-11(7-2)16-13/h9-10H,6-8H2,1-5H3,(H,14,15,16). The van der Waals surface area contributed by atoms with Gasteiger partial charge in [0.1, 0.15) is 17.5 Å². The van der Waals surface area contributed by atoms with Crippen LogP contribution in [0, 0.1) is 0 Å². The zero-order valence-electron chi connectivity index (χ0n) is 11.6. The van der Waals surface area contributed by atoms with Crippen LogP contribution in [0.3, 0.4) is 0 Å². The maximum atomic E-state index is 4.58. The zero-order valence-corrected chi connectivity index (χ0v) is 11.6. The summed E-state index contributed by atoms with van der Waals surface area (Å²) >= 11 is 0. The van der Waals surface area contributed by atoms with Crippen molar-refractivity contribution < 1.29 is 0 Å². The number of nitrogens with one attached hydrogen (secondary N) is 1. The van der Waals surface area contributed by atoms with Crippen LogP contribution in [0.1, 0.15) is 39.9 Å². The van der Waals surface area contributed by atoms with Crippen molar-refractivity contribution in [2.75, 3.05) is 23.8 Å². The van der Waals surface area contributed by atoms with Gasteiger partial charge in [-0.3, -0.25) is 0 Å². The van der Waals surface area contributed by atoms with Crippen molar-refractivity contribution in [1.82, 2.24) is 9.97 Å². The summed E-state index contributed by atoms with van der Waals surface area (Å²) in [6.07, 6.45) is 1.97. The maximum Gasteiger partial charge on any atom is 0.134 e. The summed E-state index contributed by atoms with van der Waals surface area (Å²) in [5.74, 6) is 2.82. The first-order valence-corrected chi connectivity index (χ1v) is 6.46. The van der Waals surface area contributed by atoms with E-state index in [0.29, 0.717) is 6.04 Å². The molecule has 1 unspecified atom stereocenters. The van der Waals surface area contributed by atoms with E-state index in [9.17, 15) is 0 Å². The van der Waals surface area contributed by atoms with E-state index in [4.69, 9.17) is 0 Å². The van der Waals surface area contributed by atoms with Crippen molar-refractivity contribution in [2.45, 2.75) is 46.6 Å². The molecule has 0 saturated heterocycles. The van der Waals surface area contributed by atoms with Gasteiger partial charge in [0.05, 0.1) is 0 Å². The Balaban J connectivity index is 3.01. The molecule has 0 aliphatic rings. The first-order valence-electron chi connectivity index (χ1n) is 6.46. The number of aromatic nitrogens is 2. The summed E-state index contributed by atoms with van der Waals surface area (Å²) < 4.78 is 0. The van der Waals surface area contributed by atoms with Crippen LogP contribution >= 0.6 is 0 Å². The largest absolute Gasteiger partial charge is 0.370 e. The van der Waals surface area contributed by atoms with Gasteiger partial charge in [-0.15, -0.1) is 0 Å². The lowest BCUT2D eigenvalue weighted by molar-refractivity contribution is 0.654. The summed E-state index contributed by atoms with van der Waals surface area (Å²) in [7, 11) is 2.09. The van der Waals surface area contributed by atoms with Crippen LogP contribution in [0.2, 0.25) is 0 Å². The molecule has 0 saturated carbocycles. The van der Waals surface area contributed by atoms with Crippen LogP contribution in [0.5, 0.6) is 0 Å². The summed E-state index contributed by atoms with van der Waals surface area (Å²) in [6.45, 7) is 9.44. The van der Waals surface area contributed by atoms with Gasteiger partial charge in [0.25, 0.3) is 0 Å². The minimum atomic E-state index is 0.490. The van der Waals surface area contributed by atoms with Gasteiger partial charge in [-0.1, -0.05) is 13.8 Å². The van der Waals surface area contributed by atoms with E-state index in [0.717, 1.165) is 36.8 Å². The average molecular weight is 236 g/mol. The fraction of sp³-hybridized carbons (Fsp3) is 0.692. The molecule has 0 aliphatic carbocycles. The van der Waals surface area contributed by atoms with Gasteiger partial charge in [-0.2, -0.15) is 0 Å². The van der Waals surface area contributed by atoms with Crippen LogP contribution in [0.4, 0.5) is 11.6 Å². The van der Waals surface area contributed by atoms with Crippen molar-refractivity contribution in [1.29, 1.82) is 0 Å². The Morgan fingerprint density at radius 3 is 2.53 bits per heavy atom. The lowest BCUT2D eigenvalue weighted by atomic mass is 10.2. The maximum absolute atomic E-state index is 4.58. The van der Waals surface area contributed by atoms with Gasteiger partial charge in [-0.05, 0) is 20.3 Å². The molecule has 0 aromatic carbocycles. The van der Waals surface area contributed by atoms with Crippen LogP contribution in [-0.4, -0.2) is 29.6 Å². The molecule has 0 bridgehead atoms. The van der Waals surface area contributed by atoms with E-state index in [1.54, 1.807) is 0 Å². The lowest BCUT2D eigenvalue weighted by Crippen LogP contribution is -2.29. The van der Waals surface area contributed by atoms with Gasteiger partial charge < -0.3 is 10.2 Å². The highest BCUT2D eigenvalue weighted by Crippen LogP contribution is 2.18. The smallest absolute Gasteiger partial charge is 0.134 e. The first-order chi connectivity index (χ1) is 8.12. The normalized spacial score (nSPS) is 12.3. The third-order valence-corrected chi connectivity index (χ3v) is 3.05. The topological polar surface area (TPSA) is 41.0 Å². The molecule has 96 valence electrons. The molecular formula is C13H24N4. The number of nitrogens with zero attached hydrogens (tertiary/aromatic N) is 3. The minimum absolute atomic E-state index is 0.490. The Morgan fingerprint density at radius 2 is 2.00 bits per heavy atom. The lowest BCUT2D eigenvalue weighted by Gasteiger charge is -2.25. The molecule has 4 nitrogen and oxygen atoms in total. The summed E-state index contributed by atoms with van der Waals surface area (Å²) in [6, 6.07) is 2.51. The summed E-state index contributed by atoms with van der Waals surface area (Å²) in [4.78, 5) is 11.2. The van der Waals surface area contributed by atoms with Gasteiger partial charge in [0.15, 0.2) is 0 Å². The van der Waals surface area contributed by atoms with E-state index in [1.807, 2.05) is 6.07 Å². The minimum Gasteiger partial charge on any atom is -0.370 e. The van der Waals surface area contributed by atoms with E-state index < -0.39 is 0 Å². The third-order valence-electron chi connectivity index (χ3n) is 3.05. The molecule has 17 heavy (non-hydrogen) atoms. The fourth-order valence-electron chi connectivity index (χ4n) is 1.59. The Labute approximate surface area is 104 Å². The molecule has 0 radical (unpaired) electrons. The quantitative estimate of drug-likeness (QED) is 0.824. The Bertz CT molecular complexity index is 351. The fourth-order valence-corrected chi connectivity index (χ4v) is 1.59. The second-order valence-electron chi connectivity index (χ2n) is 4.28. The predicted molar refractivity (Wildman–Crippen MR) is 73.7 cm³/mol. The Hall–Kier alpha value is -1.32. The highest BCUT2D eigenvalue weighted by Gasteiger charge is 2.11. The van der Waals surface area contributed by atoms with Crippen molar-refractivity contribution in [2.24, 2.45) is 0 Å². The number of hydrogen-bond donors (Lipinski definition) is 1. The molecular weight excluding hydrogens is 212 g/mol. The van der Waals surface area contributed by atoms with Crippen LogP contribution in [0.15, 0.2) is 6.07 Å². The van der Waals surface area contributed by atoms with Crippen LogP contribution in [-0.2, 0) is 6.42 Å². The molecule has 1 N–H and O–H groups in total. The average Bonchev–Trinajstić information content (AvgIpc) is 2.36. The molecule has 1 aromatic rings. The van der Waals surface area contributed by atoms with Crippen LogP contribution < -0.4 is 10.2 Å². The van der Waals surface area contributed by atoms with E-state index in [-0.39, 0.29) is 0 Å². The number of hydrogen-bond acceptors (Lipinski definition) is 4. The van der Waals surface area contributed by atoms with Gasteiger partial charge in [0, 0.05) is 32.1 Å². The molecule has 1 heterocycles. The molecule has 0 spiro atoms. The molecule has 0 amide bonds. The van der Waals surface area contributed by atoms with Gasteiger partial charge in [-0.25, -0.2) is 9.97 Å². The highest BCUT2D eigenvalue weighted by atomic mass is 15.2. The predicted octanol–water partition coefficient (Wildman–Crippen LogP) is 2.71. The molecule has 4 heteroatoms. The third kappa shape index (κ3) is 3.58. The van der Waals surface area contributed by atoms with Crippen LogP contribution in [0.25, 0.3) is 0 Å². The number of rotatable bonds is 6. The van der Waals surface area contributed by atoms with Crippen molar-refractivity contribution in [3.8, 4) is 0 Å². The molecule has 0 aliphatic heterocycles. The Kier molecular flexibility index (Phi) is 5.19.